The van der Waals surface area contributed by atoms with Gasteiger partial charge in [0, 0.05) is 0 Å². The van der Waals surface area contributed by atoms with Crippen LogP contribution in [0.2, 0.25) is 0 Å². The summed E-state index contributed by atoms with van der Waals surface area (Å²) in [5, 5.41) is 2.31. The largest absolute Gasteiger partial charge is 0.519 e. The first-order chi connectivity index (χ1) is 21.8. The molecule has 17 nitrogen and oxygen atoms in total. The SMILES string of the molecule is CC(C)(C)OC(=O)OC(=O)OC(C)(C)C.CCOC(=O)C[C@@H](N)C(=O)OCC.CCOC(=O)C[C@@H](NC(=O)OC(C)(C)C)C(=O)OCC.Cl. The Bertz CT molecular complexity index is 1010. The zero-order valence-corrected chi connectivity index (χ0v) is 31.8. The summed E-state index contributed by atoms with van der Waals surface area (Å²) in [6, 6.07) is -2.04. The molecule has 288 valence electrons. The van der Waals surface area contributed by atoms with Crippen molar-refractivity contribution < 1.29 is 71.5 Å². The maximum atomic E-state index is 11.7. The Balaban J connectivity index is -0.000000315. The van der Waals surface area contributed by atoms with Crippen LogP contribution in [0.5, 0.6) is 0 Å². The van der Waals surface area contributed by atoms with Crippen LogP contribution in [0.15, 0.2) is 0 Å². The molecular weight excluding hydrogens is 676 g/mol. The third kappa shape index (κ3) is 35.3. The average molecular weight is 733 g/mol. The zero-order chi connectivity index (χ0) is 38.3. The van der Waals surface area contributed by atoms with Crippen molar-refractivity contribution in [3.05, 3.63) is 0 Å². The van der Waals surface area contributed by atoms with Crippen LogP contribution < -0.4 is 11.1 Å². The predicted octanol–water partition coefficient (Wildman–Crippen LogP) is 4.52. The molecule has 0 aliphatic rings. The van der Waals surface area contributed by atoms with Crippen molar-refractivity contribution in [2.45, 2.75) is 132 Å². The Labute approximate surface area is 295 Å². The summed E-state index contributed by atoms with van der Waals surface area (Å²) >= 11 is 0. The van der Waals surface area contributed by atoms with Crippen LogP contribution >= 0.6 is 12.4 Å². The van der Waals surface area contributed by atoms with Crippen LogP contribution in [0.25, 0.3) is 0 Å². The highest BCUT2D eigenvalue weighted by Gasteiger charge is 2.28. The quantitative estimate of drug-likeness (QED) is 0.169. The minimum absolute atomic E-state index is 0. The van der Waals surface area contributed by atoms with Gasteiger partial charge in [0.2, 0.25) is 0 Å². The molecule has 0 aliphatic carbocycles. The van der Waals surface area contributed by atoms with Crippen molar-refractivity contribution in [3.8, 4) is 0 Å². The molecule has 0 aromatic heterocycles. The van der Waals surface area contributed by atoms with E-state index in [0.29, 0.717) is 0 Å². The van der Waals surface area contributed by atoms with E-state index in [1.165, 1.54) is 0 Å². The fourth-order valence-corrected chi connectivity index (χ4v) is 2.61. The van der Waals surface area contributed by atoms with Gasteiger partial charge in [-0.3, -0.25) is 14.4 Å². The number of nitrogens with one attached hydrogen (secondary N) is 1. The molecule has 0 spiro atoms. The molecule has 0 fully saturated rings. The van der Waals surface area contributed by atoms with Gasteiger partial charge in [-0.25, -0.2) is 19.2 Å². The molecular formula is C31H57ClN2O15. The number of amides is 1. The molecule has 0 saturated carbocycles. The van der Waals surface area contributed by atoms with Gasteiger partial charge in [0.1, 0.15) is 28.9 Å². The highest BCUT2D eigenvalue weighted by Crippen LogP contribution is 2.12. The van der Waals surface area contributed by atoms with Gasteiger partial charge in [0.15, 0.2) is 0 Å². The van der Waals surface area contributed by atoms with Crippen molar-refractivity contribution in [3.63, 3.8) is 0 Å². The van der Waals surface area contributed by atoms with Gasteiger partial charge in [-0.1, -0.05) is 0 Å². The third-order valence-electron chi connectivity index (χ3n) is 4.17. The number of esters is 4. The first kappa shape index (κ1) is 52.0. The van der Waals surface area contributed by atoms with E-state index < -0.39 is 71.2 Å². The fourth-order valence-electron chi connectivity index (χ4n) is 2.61. The fraction of sp³-hybridized carbons (Fsp3) is 0.774. The molecule has 1 amide bonds. The molecule has 0 rings (SSSR count). The number of rotatable bonds is 11. The van der Waals surface area contributed by atoms with E-state index in [4.69, 9.17) is 29.4 Å². The zero-order valence-electron chi connectivity index (χ0n) is 31.0. The summed E-state index contributed by atoms with van der Waals surface area (Å²) in [6.07, 6.45) is -3.34. The van der Waals surface area contributed by atoms with Crippen molar-refractivity contribution in [1.82, 2.24) is 5.32 Å². The van der Waals surface area contributed by atoms with Crippen LogP contribution in [-0.2, 0) is 57.1 Å². The molecule has 3 N–H and O–H groups in total. The molecule has 0 aromatic carbocycles. The van der Waals surface area contributed by atoms with Gasteiger partial charge in [-0.05, 0) is 90.0 Å². The minimum atomic E-state index is -1.12. The first-order valence-electron chi connectivity index (χ1n) is 15.3. The van der Waals surface area contributed by atoms with E-state index in [2.05, 4.69) is 19.5 Å². The van der Waals surface area contributed by atoms with Gasteiger partial charge in [0.25, 0.3) is 0 Å². The van der Waals surface area contributed by atoms with E-state index >= 15 is 0 Å². The maximum absolute atomic E-state index is 11.7. The predicted molar refractivity (Wildman–Crippen MR) is 178 cm³/mol. The van der Waals surface area contributed by atoms with Gasteiger partial charge >= 0.3 is 42.3 Å². The molecule has 0 bridgehead atoms. The van der Waals surface area contributed by atoms with Gasteiger partial charge in [-0.2, -0.15) is 0 Å². The number of alkyl carbamates (subject to hydrolysis) is 1. The van der Waals surface area contributed by atoms with Crippen molar-refractivity contribution in [2.24, 2.45) is 5.73 Å². The second-order valence-corrected chi connectivity index (χ2v) is 12.4. The number of ether oxygens (including phenoxy) is 8. The number of nitrogens with two attached hydrogens (primary N) is 1. The Kier molecular flexibility index (Phi) is 27.6. The van der Waals surface area contributed by atoms with Crippen LogP contribution in [0, 0.1) is 0 Å². The van der Waals surface area contributed by atoms with Gasteiger partial charge < -0.3 is 48.9 Å². The molecule has 0 aliphatic heterocycles. The molecule has 49 heavy (non-hydrogen) atoms. The minimum Gasteiger partial charge on any atom is -0.466 e. The Morgan fingerprint density at radius 3 is 1.24 bits per heavy atom. The van der Waals surface area contributed by atoms with Gasteiger partial charge in [0.05, 0.1) is 39.3 Å². The van der Waals surface area contributed by atoms with Crippen LogP contribution in [0.3, 0.4) is 0 Å². The second-order valence-electron chi connectivity index (χ2n) is 12.4. The molecule has 0 radical (unpaired) electrons. The standard InChI is InChI=1S/C13H23NO6.C10H18O5.C8H15NO4.ClH/c1-6-18-10(15)8-9(11(16)19-7-2)14-12(17)20-13(3,4)5;1-9(2,3)14-7(11)13-8(12)15-10(4,5)6;1-3-12-7(10)5-6(9)8(11)13-4-2;/h9H,6-8H2,1-5H3,(H,14,17);1-6H3;6H,3-5,9H2,1-2H3;1H/t9-;;6-;/m1.1./s1. The lowest BCUT2D eigenvalue weighted by molar-refractivity contribution is -0.152. The Morgan fingerprint density at radius 1 is 0.551 bits per heavy atom. The summed E-state index contributed by atoms with van der Waals surface area (Å²) in [6.45, 7) is 22.6. The number of halogens is 1. The average Bonchev–Trinajstić information content (AvgIpc) is 2.86. The summed E-state index contributed by atoms with van der Waals surface area (Å²) in [7, 11) is 0. The second kappa shape index (κ2) is 26.1. The van der Waals surface area contributed by atoms with E-state index in [9.17, 15) is 33.6 Å². The lowest BCUT2D eigenvalue weighted by atomic mass is 10.2. The lowest BCUT2D eigenvalue weighted by Crippen LogP contribution is -2.45. The molecule has 2 atom stereocenters. The third-order valence-corrected chi connectivity index (χ3v) is 4.17. The number of carbonyl (C=O) groups is 7. The number of hydrogen-bond acceptors (Lipinski definition) is 16. The van der Waals surface area contributed by atoms with Crippen molar-refractivity contribution >= 4 is 54.7 Å². The summed E-state index contributed by atoms with van der Waals surface area (Å²) in [5.74, 6) is -2.35. The summed E-state index contributed by atoms with van der Waals surface area (Å²) in [5.41, 5.74) is 3.27. The molecule has 0 heterocycles. The number of hydrogen-bond donors (Lipinski definition) is 2. The van der Waals surface area contributed by atoms with Crippen LogP contribution in [0.4, 0.5) is 14.4 Å². The topological polar surface area (TPSA) is 231 Å². The van der Waals surface area contributed by atoms with Gasteiger partial charge in [-0.15, -0.1) is 12.4 Å². The monoisotopic (exact) mass is 732 g/mol. The normalized spacial score (nSPS) is 11.8. The highest BCUT2D eigenvalue weighted by atomic mass is 35.5. The molecule has 0 aromatic rings. The van der Waals surface area contributed by atoms with E-state index in [0.717, 1.165) is 0 Å². The Morgan fingerprint density at radius 2 is 0.898 bits per heavy atom. The summed E-state index contributed by atoms with van der Waals surface area (Å²) in [4.78, 5) is 78.5. The Hall–Kier alpha value is -3.86. The van der Waals surface area contributed by atoms with E-state index in [-0.39, 0.29) is 51.7 Å². The number of carbonyl (C=O) groups excluding carboxylic acids is 7. The summed E-state index contributed by atoms with van der Waals surface area (Å²) < 4.78 is 37.6. The van der Waals surface area contributed by atoms with Crippen molar-refractivity contribution in [2.75, 3.05) is 26.4 Å². The van der Waals surface area contributed by atoms with E-state index in [1.807, 2.05) is 0 Å². The first-order valence-corrected chi connectivity index (χ1v) is 15.3. The smallest absolute Gasteiger partial charge is 0.466 e. The molecule has 0 saturated heterocycles. The highest BCUT2D eigenvalue weighted by molar-refractivity contribution is 5.86. The van der Waals surface area contributed by atoms with Crippen LogP contribution in [0.1, 0.15) is 103 Å². The van der Waals surface area contributed by atoms with E-state index in [1.54, 1.807) is 90.0 Å². The maximum Gasteiger partial charge on any atom is 0.519 e. The van der Waals surface area contributed by atoms with Crippen LogP contribution in [-0.4, -0.2) is 97.6 Å². The molecule has 18 heteroatoms. The molecule has 0 unspecified atom stereocenters. The lowest BCUT2D eigenvalue weighted by Gasteiger charge is -2.22. The van der Waals surface area contributed by atoms with Crippen molar-refractivity contribution in [1.29, 1.82) is 0 Å².